The maximum atomic E-state index is 5.72. The topological polar surface area (TPSA) is 73.1 Å². The molecule has 1 fully saturated rings. The fourth-order valence-corrected chi connectivity index (χ4v) is 1.68. The van der Waals surface area contributed by atoms with Gasteiger partial charge in [-0.1, -0.05) is 6.92 Å². The fraction of sp³-hybridized carbons (Fsp3) is 0.636. The number of nitrogens with two attached hydrogens (primary N) is 1. The highest BCUT2D eigenvalue weighted by Gasteiger charge is 2.25. The number of hydrogen-bond donors (Lipinski definition) is 2. The summed E-state index contributed by atoms with van der Waals surface area (Å²) in [5.41, 5.74) is 5.72. The molecule has 1 saturated carbocycles. The van der Waals surface area contributed by atoms with Gasteiger partial charge in [0.2, 0.25) is 5.88 Å². The van der Waals surface area contributed by atoms with E-state index in [1.165, 1.54) is 0 Å². The highest BCUT2D eigenvalue weighted by molar-refractivity contribution is 5.35. The molecule has 1 aromatic heterocycles. The minimum Gasteiger partial charge on any atom is -0.477 e. The van der Waals surface area contributed by atoms with E-state index in [0.29, 0.717) is 24.6 Å². The summed E-state index contributed by atoms with van der Waals surface area (Å²) >= 11 is 0. The second-order valence-corrected chi connectivity index (χ2v) is 4.16. The molecule has 5 heteroatoms. The Morgan fingerprint density at radius 2 is 2.31 bits per heavy atom. The van der Waals surface area contributed by atoms with Crippen molar-refractivity contribution in [2.75, 3.05) is 11.9 Å². The normalized spacial score (nSPS) is 23.6. The molecule has 1 aliphatic rings. The standard InChI is InChI=1S/C11H18N4O/c1-2-3-16-11-7-13-6-10(15-11)14-9-4-8(12)5-9/h6-9H,2-5,12H2,1H3,(H,14,15). The van der Waals surface area contributed by atoms with Crippen LogP contribution in [-0.2, 0) is 0 Å². The SMILES string of the molecule is CCCOc1cncc(NC2CC(N)C2)n1. The third kappa shape index (κ3) is 2.82. The minimum absolute atomic E-state index is 0.338. The van der Waals surface area contributed by atoms with Crippen molar-refractivity contribution < 1.29 is 4.74 Å². The second kappa shape index (κ2) is 5.12. The van der Waals surface area contributed by atoms with Gasteiger partial charge in [0, 0.05) is 12.1 Å². The smallest absolute Gasteiger partial charge is 0.234 e. The Bertz CT molecular complexity index is 339. The lowest BCUT2D eigenvalue weighted by Crippen LogP contribution is -2.44. The fourth-order valence-electron chi connectivity index (χ4n) is 1.68. The van der Waals surface area contributed by atoms with Crippen LogP contribution in [0.25, 0.3) is 0 Å². The van der Waals surface area contributed by atoms with Crippen molar-refractivity contribution in [2.24, 2.45) is 5.73 Å². The molecule has 5 nitrogen and oxygen atoms in total. The molecule has 16 heavy (non-hydrogen) atoms. The van der Waals surface area contributed by atoms with Crippen molar-refractivity contribution in [3.8, 4) is 5.88 Å². The number of anilines is 1. The zero-order valence-corrected chi connectivity index (χ0v) is 9.52. The summed E-state index contributed by atoms with van der Waals surface area (Å²) < 4.78 is 5.41. The van der Waals surface area contributed by atoms with Crippen LogP contribution in [0.15, 0.2) is 12.4 Å². The number of nitrogens with one attached hydrogen (secondary N) is 1. The van der Waals surface area contributed by atoms with E-state index in [2.05, 4.69) is 22.2 Å². The molecule has 1 aromatic rings. The van der Waals surface area contributed by atoms with Gasteiger partial charge in [0.05, 0.1) is 19.0 Å². The first kappa shape index (κ1) is 11.1. The maximum Gasteiger partial charge on any atom is 0.234 e. The third-order valence-corrected chi connectivity index (χ3v) is 2.59. The van der Waals surface area contributed by atoms with Crippen molar-refractivity contribution in [1.29, 1.82) is 0 Å². The lowest BCUT2D eigenvalue weighted by molar-refractivity contribution is 0.304. The van der Waals surface area contributed by atoms with Crippen molar-refractivity contribution in [2.45, 2.75) is 38.3 Å². The van der Waals surface area contributed by atoms with Crippen LogP contribution in [-0.4, -0.2) is 28.7 Å². The van der Waals surface area contributed by atoms with E-state index >= 15 is 0 Å². The van der Waals surface area contributed by atoms with Gasteiger partial charge in [-0.05, 0) is 19.3 Å². The van der Waals surface area contributed by atoms with E-state index in [-0.39, 0.29) is 0 Å². The zero-order chi connectivity index (χ0) is 11.4. The third-order valence-electron chi connectivity index (χ3n) is 2.59. The number of ether oxygens (including phenoxy) is 1. The van der Waals surface area contributed by atoms with Gasteiger partial charge in [-0.3, -0.25) is 4.98 Å². The predicted octanol–water partition coefficient (Wildman–Crippen LogP) is 1.17. The van der Waals surface area contributed by atoms with Crippen molar-refractivity contribution in [3.63, 3.8) is 0 Å². The van der Waals surface area contributed by atoms with Crippen LogP contribution >= 0.6 is 0 Å². The van der Waals surface area contributed by atoms with E-state index in [9.17, 15) is 0 Å². The van der Waals surface area contributed by atoms with Gasteiger partial charge in [-0.2, -0.15) is 4.98 Å². The van der Waals surface area contributed by atoms with Crippen LogP contribution in [0.5, 0.6) is 5.88 Å². The van der Waals surface area contributed by atoms with Gasteiger partial charge in [-0.15, -0.1) is 0 Å². The molecule has 0 unspecified atom stereocenters. The molecule has 0 radical (unpaired) electrons. The average molecular weight is 222 g/mol. The van der Waals surface area contributed by atoms with Gasteiger partial charge in [0.25, 0.3) is 0 Å². The summed E-state index contributed by atoms with van der Waals surface area (Å²) in [6.07, 6.45) is 6.32. The lowest BCUT2D eigenvalue weighted by atomic mass is 9.88. The molecule has 0 aromatic carbocycles. The molecular formula is C11H18N4O. The van der Waals surface area contributed by atoms with Crippen LogP contribution in [0.3, 0.4) is 0 Å². The van der Waals surface area contributed by atoms with Crippen molar-refractivity contribution in [3.05, 3.63) is 12.4 Å². The van der Waals surface area contributed by atoms with Crippen LogP contribution in [0.2, 0.25) is 0 Å². The van der Waals surface area contributed by atoms with Crippen LogP contribution in [0, 0.1) is 0 Å². The molecule has 0 aliphatic heterocycles. The molecule has 0 bridgehead atoms. The Kier molecular flexibility index (Phi) is 3.56. The zero-order valence-electron chi connectivity index (χ0n) is 9.52. The molecule has 2 rings (SSSR count). The quantitative estimate of drug-likeness (QED) is 0.782. The monoisotopic (exact) mass is 222 g/mol. The van der Waals surface area contributed by atoms with Gasteiger partial charge in [0.1, 0.15) is 5.82 Å². The largest absolute Gasteiger partial charge is 0.477 e. The minimum atomic E-state index is 0.338. The molecule has 0 spiro atoms. The molecule has 1 aliphatic carbocycles. The Morgan fingerprint density at radius 1 is 1.50 bits per heavy atom. The van der Waals surface area contributed by atoms with E-state index in [1.54, 1.807) is 12.4 Å². The lowest BCUT2D eigenvalue weighted by Gasteiger charge is -2.33. The molecular weight excluding hydrogens is 204 g/mol. The average Bonchev–Trinajstić information content (AvgIpc) is 2.25. The predicted molar refractivity (Wildman–Crippen MR) is 62.4 cm³/mol. The van der Waals surface area contributed by atoms with E-state index in [1.807, 2.05) is 0 Å². The first-order valence-corrected chi connectivity index (χ1v) is 5.75. The van der Waals surface area contributed by atoms with Gasteiger partial charge >= 0.3 is 0 Å². The number of rotatable bonds is 5. The Morgan fingerprint density at radius 3 is 3.00 bits per heavy atom. The van der Waals surface area contributed by atoms with Crippen LogP contribution in [0.1, 0.15) is 26.2 Å². The number of nitrogens with zero attached hydrogens (tertiary/aromatic N) is 2. The van der Waals surface area contributed by atoms with E-state index in [4.69, 9.17) is 10.5 Å². The molecule has 0 atom stereocenters. The van der Waals surface area contributed by atoms with Gasteiger partial charge < -0.3 is 15.8 Å². The summed E-state index contributed by atoms with van der Waals surface area (Å²) in [5, 5.41) is 3.29. The Hall–Kier alpha value is -1.36. The molecule has 3 N–H and O–H groups in total. The summed E-state index contributed by atoms with van der Waals surface area (Å²) in [6, 6.07) is 0.774. The summed E-state index contributed by atoms with van der Waals surface area (Å²) in [7, 11) is 0. The van der Waals surface area contributed by atoms with E-state index in [0.717, 1.165) is 25.1 Å². The summed E-state index contributed by atoms with van der Waals surface area (Å²) in [4.78, 5) is 8.41. The Balaban J connectivity index is 1.88. The second-order valence-electron chi connectivity index (χ2n) is 4.16. The maximum absolute atomic E-state index is 5.72. The first-order valence-electron chi connectivity index (χ1n) is 5.75. The van der Waals surface area contributed by atoms with Crippen LogP contribution < -0.4 is 15.8 Å². The highest BCUT2D eigenvalue weighted by Crippen LogP contribution is 2.22. The number of hydrogen-bond acceptors (Lipinski definition) is 5. The van der Waals surface area contributed by atoms with Gasteiger partial charge in [0.15, 0.2) is 0 Å². The summed E-state index contributed by atoms with van der Waals surface area (Å²) in [6.45, 7) is 2.73. The van der Waals surface area contributed by atoms with Crippen molar-refractivity contribution in [1.82, 2.24) is 9.97 Å². The Labute approximate surface area is 95.4 Å². The van der Waals surface area contributed by atoms with E-state index < -0.39 is 0 Å². The molecule has 0 saturated heterocycles. The number of aromatic nitrogens is 2. The molecule has 0 amide bonds. The molecule has 1 heterocycles. The van der Waals surface area contributed by atoms with Gasteiger partial charge in [-0.25, -0.2) is 0 Å². The molecule has 88 valence electrons. The van der Waals surface area contributed by atoms with Crippen LogP contribution in [0.4, 0.5) is 5.82 Å². The summed E-state index contributed by atoms with van der Waals surface area (Å²) in [5.74, 6) is 1.35. The first-order chi connectivity index (χ1) is 7.78. The highest BCUT2D eigenvalue weighted by atomic mass is 16.5. The van der Waals surface area contributed by atoms with Crippen molar-refractivity contribution >= 4 is 5.82 Å².